The molecule has 0 fully saturated rings. The summed E-state index contributed by atoms with van der Waals surface area (Å²) >= 11 is 0. The van der Waals surface area contributed by atoms with Gasteiger partial charge in [0, 0.05) is 13.2 Å². The number of unbranched alkanes of at least 4 members (excludes halogenated alkanes) is 9. The zero-order valence-corrected chi connectivity index (χ0v) is 17.6. The number of hydrogen-bond acceptors (Lipinski definition) is 6. The molecule has 0 heterocycles. The van der Waals surface area contributed by atoms with Crippen molar-refractivity contribution in [2.24, 2.45) is 0 Å². The van der Waals surface area contributed by atoms with Gasteiger partial charge in [-0.1, -0.05) is 69.0 Å². The van der Waals surface area contributed by atoms with Gasteiger partial charge in [-0.3, -0.25) is 0 Å². The number of rotatable bonds is 17. The maximum atomic E-state index is 11.1. The van der Waals surface area contributed by atoms with E-state index in [1.807, 2.05) is 13.8 Å². The van der Waals surface area contributed by atoms with Crippen LogP contribution in [-0.2, 0) is 28.5 Å². The van der Waals surface area contributed by atoms with Gasteiger partial charge in [-0.25, -0.2) is 9.07 Å². The molecule has 0 aliphatic rings. The number of ether oxygens (including phenoxy) is 1. The van der Waals surface area contributed by atoms with Crippen molar-refractivity contribution in [1.82, 2.24) is 0 Å². The van der Waals surface area contributed by atoms with Gasteiger partial charge in [0.05, 0.1) is 13.2 Å². The first kappa shape index (κ1) is 31.5. The Balaban J connectivity index is -0.000000772. The van der Waals surface area contributed by atoms with E-state index in [1.54, 1.807) is 6.92 Å². The summed E-state index contributed by atoms with van der Waals surface area (Å²) in [4.78, 5) is 4.34. The SMILES string of the molecule is CCCCCCCCCCCCOS(=O)(=O)OOCC.CCOCC.[NaH]. The molecule has 0 aliphatic heterocycles. The van der Waals surface area contributed by atoms with E-state index in [1.165, 1.54) is 44.9 Å². The van der Waals surface area contributed by atoms with Crippen molar-refractivity contribution in [2.45, 2.75) is 91.9 Å². The quantitative estimate of drug-likeness (QED) is 0.152. The Labute approximate surface area is 184 Å². The van der Waals surface area contributed by atoms with E-state index in [-0.39, 0.29) is 42.8 Å². The predicted molar refractivity (Wildman–Crippen MR) is 109 cm³/mol. The van der Waals surface area contributed by atoms with Crippen LogP contribution in [0.25, 0.3) is 0 Å². The van der Waals surface area contributed by atoms with Crippen LogP contribution in [0.3, 0.4) is 0 Å². The summed E-state index contributed by atoms with van der Waals surface area (Å²) in [7, 11) is -3.98. The van der Waals surface area contributed by atoms with E-state index in [2.05, 4.69) is 20.3 Å². The molecule has 156 valence electrons. The Kier molecular flexibility index (Phi) is 31.2. The molecule has 0 unspecified atom stereocenters. The second-order valence-electron chi connectivity index (χ2n) is 5.67. The standard InChI is InChI=1S/C14H30O5S.C4H10O.Na.H/c1-3-5-6-7-8-9-10-11-12-13-14-18-20(15,16)19-17-4-2;1-3-5-4-2;;/h3-14H2,1-2H3;3-4H2,1-2H3;;. The molecule has 0 radical (unpaired) electrons. The molecular formula is C18H41NaO6S. The van der Waals surface area contributed by atoms with E-state index in [0.29, 0.717) is 0 Å². The third-order valence-electron chi connectivity index (χ3n) is 3.38. The molecular weight excluding hydrogens is 367 g/mol. The van der Waals surface area contributed by atoms with Crippen LogP contribution in [0.5, 0.6) is 0 Å². The van der Waals surface area contributed by atoms with E-state index >= 15 is 0 Å². The van der Waals surface area contributed by atoms with Gasteiger partial charge in [-0.2, -0.15) is 8.42 Å². The summed E-state index contributed by atoms with van der Waals surface area (Å²) in [5, 5.41) is 0. The fourth-order valence-corrected chi connectivity index (χ4v) is 2.66. The van der Waals surface area contributed by atoms with Crippen LogP contribution in [0.15, 0.2) is 0 Å². The third-order valence-corrected chi connectivity index (χ3v) is 4.10. The molecule has 0 bridgehead atoms. The molecule has 0 spiro atoms. The minimum atomic E-state index is -3.98. The summed E-state index contributed by atoms with van der Waals surface area (Å²) in [6, 6.07) is 0. The van der Waals surface area contributed by atoms with E-state index < -0.39 is 10.4 Å². The van der Waals surface area contributed by atoms with Gasteiger partial charge in [0.25, 0.3) is 0 Å². The second kappa shape index (κ2) is 25.8. The zero-order chi connectivity index (χ0) is 19.2. The van der Waals surface area contributed by atoms with Gasteiger partial charge >= 0.3 is 40.0 Å². The van der Waals surface area contributed by atoms with E-state index in [0.717, 1.165) is 32.5 Å². The molecule has 0 atom stereocenters. The molecule has 6 nitrogen and oxygen atoms in total. The molecule has 0 aliphatic carbocycles. The van der Waals surface area contributed by atoms with Crippen LogP contribution >= 0.6 is 0 Å². The van der Waals surface area contributed by atoms with Crippen LogP contribution < -0.4 is 0 Å². The molecule has 0 aromatic heterocycles. The molecule has 0 saturated carbocycles. The Morgan fingerprint density at radius 2 is 1.12 bits per heavy atom. The predicted octanol–water partition coefficient (Wildman–Crippen LogP) is 4.53. The first-order chi connectivity index (χ1) is 12.0. The van der Waals surface area contributed by atoms with Crippen molar-refractivity contribution < 1.29 is 26.6 Å². The Bertz CT molecular complexity index is 337. The van der Waals surface area contributed by atoms with Crippen LogP contribution in [0.1, 0.15) is 91.9 Å². The maximum absolute atomic E-state index is 11.1. The van der Waals surface area contributed by atoms with Gasteiger partial charge in [0.1, 0.15) is 0 Å². The first-order valence-corrected chi connectivity index (χ1v) is 11.1. The second-order valence-corrected chi connectivity index (χ2v) is 6.86. The Hall–Kier alpha value is 0.790. The average molecular weight is 409 g/mol. The van der Waals surface area contributed by atoms with Crippen molar-refractivity contribution >= 4 is 40.0 Å². The summed E-state index contributed by atoms with van der Waals surface area (Å²) in [6.07, 6.45) is 12.0. The van der Waals surface area contributed by atoms with E-state index in [4.69, 9.17) is 4.74 Å². The molecule has 0 aromatic rings. The van der Waals surface area contributed by atoms with Crippen LogP contribution in [0.4, 0.5) is 0 Å². The Morgan fingerprint density at radius 1 is 0.654 bits per heavy atom. The van der Waals surface area contributed by atoms with Crippen molar-refractivity contribution in [1.29, 1.82) is 0 Å². The molecule has 0 saturated heterocycles. The minimum absolute atomic E-state index is 0. The van der Waals surface area contributed by atoms with Crippen molar-refractivity contribution in [3.05, 3.63) is 0 Å². The summed E-state index contributed by atoms with van der Waals surface area (Å²) in [6.45, 7) is 9.85. The molecule has 0 N–H and O–H groups in total. The molecule has 8 heteroatoms. The fraction of sp³-hybridized carbons (Fsp3) is 1.00. The zero-order valence-electron chi connectivity index (χ0n) is 16.8. The summed E-state index contributed by atoms with van der Waals surface area (Å²) in [5.41, 5.74) is 0. The van der Waals surface area contributed by atoms with Crippen molar-refractivity contribution in [3.8, 4) is 0 Å². The van der Waals surface area contributed by atoms with Crippen LogP contribution in [-0.4, -0.2) is 64.4 Å². The van der Waals surface area contributed by atoms with Crippen LogP contribution in [0.2, 0.25) is 0 Å². The average Bonchev–Trinajstić information content (AvgIpc) is 2.59. The van der Waals surface area contributed by atoms with Gasteiger partial charge < -0.3 is 4.74 Å². The number of hydrogen-bond donors (Lipinski definition) is 0. The Morgan fingerprint density at radius 3 is 1.50 bits per heavy atom. The van der Waals surface area contributed by atoms with Gasteiger partial charge in [0.2, 0.25) is 0 Å². The topological polar surface area (TPSA) is 71.1 Å². The fourth-order valence-electron chi connectivity index (χ4n) is 2.08. The van der Waals surface area contributed by atoms with Gasteiger partial charge in [-0.05, 0) is 27.2 Å². The third kappa shape index (κ3) is 29.5. The monoisotopic (exact) mass is 408 g/mol. The summed E-state index contributed by atoms with van der Waals surface area (Å²) < 4.78 is 35.7. The van der Waals surface area contributed by atoms with Gasteiger partial charge in [0.15, 0.2) is 0 Å². The van der Waals surface area contributed by atoms with Gasteiger partial charge in [-0.15, -0.1) is 0 Å². The molecule has 0 rings (SSSR count). The van der Waals surface area contributed by atoms with Crippen molar-refractivity contribution in [3.63, 3.8) is 0 Å². The molecule has 26 heavy (non-hydrogen) atoms. The summed E-state index contributed by atoms with van der Waals surface area (Å²) in [5.74, 6) is 0. The molecule has 0 amide bonds. The van der Waals surface area contributed by atoms with E-state index in [9.17, 15) is 8.42 Å². The first-order valence-electron chi connectivity index (χ1n) is 9.82. The normalized spacial score (nSPS) is 10.8. The van der Waals surface area contributed by atoms with Crippen molar-refractivity contribution in [2.75, 3.05) is 26.4 Å². The van der Waals surface area contributed by atoms with Crippen LogP contribution in [0, 0.1) is 0 Å². The molecule has 0 aromatic carbocycles.